The van der Waals surface area contributed by atoms with Gasteiger partial charge >= 0.3 is 0 Å². The van der Waals surface area contributed by atoms with E-state index >= 15 is 0 Å². The number of nitrogen functional groups attached to an aromatic ring is 1. The number of nitrogens with zero attached hydrogens (tertiary/aromatic N) is 4. The Morgan fingerprint density at radius 2 is 1.85 bits per heavy atom. The average molecular weight is 273 g/mol. The highest BCUT2D eigenvalue weighted by atomic mass is 15.2. The summed E-state index contributed by atoms with van der Waals surface area (Å²) in [5.41, 5.74) is 8.15. The van der Waals surface area contributed by atoms with E-state index in [1.165, 1.54) is 26.2 Å². The van der Waals surface area contributed by atoms with Gasteiger partial charge in [0, 0.05) is 32.7 Å². The fourth-order valence-corrected chi connectivity index (χ4v) is 2.85. The zero-order valence-corrected chi connectivity index (χ0v) is 12.1. The third kappa shape index (κ3) is 2.78. The molecule has 0 bridgehead atoms. The van der Waals surface area contributed by atoms with Gasteiger partial charge in [0.15, 0.2) is 0 Å². The van der Waals surface area contributed by atoms with Crippen LogP contribution >= 0.6 is 0 Å². The van der Waals surface area contributed by atoms with Crippen molar-refractivity contribution in [3.8, 4) is 0 Å². The third-order valence-corrected chi connectivity index (χ3v) is 4.14. The molecule has 0 aliphatic carbocycles. The Balaban J connectivity index is 1.59. The molecule has 1 fully saturated rings. The molecule has 2 N–H and O–H groups in total. The van der Waals surface area contributed by atoms with E-state index in [1.807, 2.05) is 18.2 Å². The highest BCUT2D eigenvalue weighted by Crippen LogP contribution is 2.17. The van der Waals surface area contributed by atoms with Crippen LogP contribution in [0.4, 0.5) is 5.95 Å². The molecule has 5 nitrogen and oxygen atoms in total. The van der Waals surface area contributed by atoms with Gasteiger partial charge in [-0.15, -0.1) is 0 Å². The number of likely N-dealkylation sites (N-methyl/N-ethyl adjacent to an activating group) is 1. The van der Waals surface area contributed by atoms with Crippen molar-refractivity contribution in [2.45, 2.75) is 13.0 Å². The molecule has 2 heterocycles. The molecule has 1 aliphatic heterocycles. The number of anilines is 1. The van der Waals surface area contributed by atoms with Crippen LogP contribution in [0.3, 0.4) is 0 Å². The Bertz CT molecular complexity index is 569. The first kappa shape index (κ1) is 13.4. The zero-order valence-electron chi connectivity index (χ0n) is 12.1. The van der Waals surface area contributed by atoms with Crippen molar-refractivity contribution in [3.05, 3.63) is 24.3 Å². The Morgan fingerprint density at radius 3 is 2.65 bits per heavy atom. The van der Waals surface area contributed by atoms with Gasteiger partial charge in [-0.05, 0) is 32.1 Å². The van der Waals surface area contributed by atoms with E-state index in [0.29, 0.717) is 5.95 Å². The van der Waals surface area contributed by atoms with Crippen molar-refractivity contribution >= 4 is 17.0 Å². The summed E-state index contributed by atoms with van der Waals surface area (Å²) >= 11 is 0. The summed E-state index contributed by atoms with van der Waals surface area (Å²) in [6.45, 7) is 6.79. The van der Waals surface area contributed by atoms with E-state index in [0.717, 1.165) is 30.5 Å². The van der Waals surface area contributed by atoms with Gasteiger partial charge in [0.25, 0.3) is 0 Å². The first-order chi connectivity index (χ1) is 9.74. The summed E-state index contributed by atoms with van der Waals surface area (Å²) in [7, 11) is 2.19. The molecule has 3 rings (SSSR count). The van der Waals surface area contributed by atoms with Gasteiger partial charge in [0.1, 0.15) is 0 Å². The molecule has 2 aromatic rings. The number of para-hydroxylation sites is 2. The predicted octanol–water partition coefficient (Wildman–Crippen LogP) is 1.26. The number of rotatable bonds is 4. The molecule has 0 atom stereocenters. The molecular weight excluding hydrogens is 250 g/mol. The van der Waals surface area contributed by atoms with Gasteiger partial charge in [-0.3, -0.25) is 0 Å². The quantitative estimate of drug-likeness (QED) is 0.911. The molecule has 5 heteroatoms. The van der Waals surface area contributed by atoms with E-state index < -0.39 is 0 Å². The van der Waals surface area contributed by atoms with Crippen molar-refractivity contribution < 1.29 is 0 Å². The Hall–Kier alpha value is -1.59. The molecule has 0 spiro atoms. The van der Waals surface area contributed by atoms with Gasteiger partial charge in [-0.2, -0.15) is 0 Å². The summed E-state index contributed by atoms with van der Waals surface area (Å²) < 4.78 is 2.13. The van der Waals surface area contributed by atoms with Gasteiger partial charge < -0.3 is 20.1 Å². The molecule has 0 radical (unpaired) electrons. The summed E-state index contributed by atoms with van der Waals surface area (Å²) in [5, 5.41) is 0. The van der Waals surface area contributed by atoms with Crippen LogP contribution in [-0.2, 0) is 6.54 Å². The number of nitrogens with two attached hydrogens (primary N) is 1. The Kier molecular flexibility index (Phi) is 3.89. The van der Waals surface area contributed by atoms with Crippen molar-refractivity contribution in [2.75, 3.05) is 45.5 Å². The fourth-order valence-electron chi connectivity index (χ4n) is 2.85. The fraction of sp³-hybridized carbons (Fsp3) is 0.533. The Morgan fingerprint density at radius 1 is 1.10 bits per heavy atom. The lowest BCUT2D eigenvalue weighted by atomic mass is 10.3. The molecule has 108 valence electrons. The number of fused-ring (bicyclic) bond motifs is 1. The lowest BCUT2D eigenvalue weighted by molar-refractivity contribution is 0.151. The minimum Gasteiger partial charge on any atom is -0.369 e. The monoisotopic (exact) mass is 273 g/mol. The first-order valence-electron chi connectivity index (χ1n) is 7.36. The lowest BCUT2D eigenvalue weighted by Crippen LogP contribution is -2.44. The topological polar surface area (TPSA) is 50.3 Å². The number of imidazole rings is 1. The van der Waals surface area contributed by atoms with Crippen LogP contribution in [0.5, 0.6) is 0 Å². The van der Waals surface area contributed by atoms with Crippen LogP contribution in [0.25, 0.3) is 11.0 Å². The van der Waals surface area contributed by atoms with Crippen molar-refractivity contribution in [2.24, 2.45) is 0 Å². The molecule has 0 amide bonds. The molecular formula is C15H23N5. The highest BCUT2D eigenvalue weighted by molar-refractivity contribution is 5.78. The average Bonchev–Trinajstić information content (AvgIpc) is 2.77. The molecule has 20 heavy (non-hydrogen) atoms. The van der Waals surface area contributed by atoms with Crippen LogP contribution in [0.15, 0.2) is 24.3 Å². The molecule has 1 aromatic carbocycles. The van der Waals surface area contributed by atoms with E-state index in [9.17, 15) is 0 Å². The minimum absolute atomic E-state index is 0.629. The van der Waals surface area contributed by atoms with Gasteiger partial charge in [0.05, 0.1) is 11.0 Å². The molecule has 0 saturated carbocycles. The van der Waals surface area contributed by atoms with Gasteiger partial charge in [0.2, 0.25) is 5.95 Å². The number of hydrogen-bond donors (Lipinski definition) is 1. The summed E-state index contributed by atoms with van der Waals surface area (Å²) in [6.07, 6.45) is 1.12. The number of hydrogen-bond acceptors (Lipinski definition) is 4. The smallest absolute Gasteiger partial charge is 0.201 e. The standard InChI is InChI=1S/C15H23N5/c1-18-9-11-19(12-10-18)7-4-8-20-14-6-3-2-5-13(14)17-15(20)16/h2-3,5-6H,4,7-12H2,1H3,(H2,16,17). The van der Waals surface area contributed by atoms with Crippen LogP contribution in [0.1, 0.15) is 6.42 Å². The van der Waals surface area contributed by atoms with E-state index in [2.05, 4.69) is 32.5 Å². The molecule has 0 unspecified atom stereocenters. The predicted molar refractivity (Wildman–Crippen MR) is 82.7 cm³/mol. The highest BCUT2D eigenvalue weighted by Gasteiger charge is 2.13. The first-order valence-corrected chi connectivity index (χ1v) is 7.36. The largest absolute Gasteiger partial charge is 0.369 e. The molecule has 1 aromatic heterocycles. The zero-order chi connectivity index (χ0) is 13.9. The van der Waals surface area contributed by atoms with Crippen molar-refractivity contribution in [1.82, 2.24) is 19.4 Å². The second-order valence-corrected chi connectivity index (χ2v) is 5.61. The number of aryl methyl sites for hydroxylation is 1. The third-order valence-electron chi connectivity index (χ3n) is 4.14. The maximum Gasteiger partial charge on any atom is 0.201 e. The maximum absolute atomic E-state index is 6.02. The normalized spacial score (nSPS) is 17.9. The molecule has 1 saturated heterocycles. The summed E-state index contributed by atoms with van der Waals surface area (Å²) in [4.78, 5) is 9.33. The van der Waals surface area contributed by atoms with E-state index in [-0.39, 0.29) is 0 Å². The van der Waals surface area contributed by atoms with Crippen LogP contribution in [-0.4, -0.2) is 59.1 Å². The Labute approximate surface area is 120 Å². The van der Waals surface area contributed by atoms with Crippen LogP contribution in [0.2, 0.25) is 0 Å². The van der Waals surface area contributed by atoms with Gasteiger partial charge in [-0.1, -0.05) is 12.1 Å². The number of benzene rings is 1. The second kappa shape index (κ2) is 5.81. The van der Waals surface area contributed by atoms with Gasteiger partial charge in [-0.25, -0.2) is 4.98 Å². The lowest BCUT2D eigenvalue weighted by Gasteiger charge is -2.32. The van der Waals surface area contributed by atoms with E-state index in [4.69, 9.17) is 5.73 Å². The summed E-state index contributed by atoms with van der Waals surface area (Å²) in [6, 6.07) is 8.15. The summed E-state index contributed by atoms with van der Waals surface area (Å²) in [5.74, 6) is 0.629. The van der Waals surface area contributed by atoms with Crippen LogP contribution < -0.4 is 5.73 Å². The van der Waals surface area contributed by atoms with Crippen LogP contribution in [0, 0.1) is 0 Å². The van der Waals surface area contributed by atoms with Crippen molar-refractivity contribution in [3.63, 3.8) is 0 Å². The van der Waals surface area contributed by atoms with E-state index in [1.54, 1.807) is 0 Å². The number of aromatic nitrogens is 2. The SMILES string of the molecule is CN1CCN(CCCn2c(N)nc3ccccc32)CC1. The minimum atomic E-state index is 0.629. The molecule has 1 aliphatic rings. The second-order valence-electron chi connectivity index (χ2n) is 5.61. The van der Waals surface area contributed by atoms with Crippen molar-refractivity contribution in [1.29, 1.82) is 0 Å². The number of piperazine rings is 1. The maximum atomic E-state index is 6.02.